The third kappa shape index (κ3) is 2.88. The first kappa shape index (κ1) is 14.7. The highest BCUT2D eigenvalue weighted by Gasteiger charge is 2.40. The van der Waals surface area contributed by atoms with Crippen molar-refractivity contribution in [3.8, 4) is 0 Å². The zero-order chi connectivity index (χ0) is 14.7. The second-order valence-electron chi connectivity index (χ2n) is 6.05. The molecule has 0 aromatic heterocycles. The van der Waals surface area contributed by atoms with Gasteiger partial charge >= 0.3 is 0 Å². The second-order valence-corrected chi connectivity index (χ2v) is 7.32. The van der Waals surface area contributed by atoms with E-state index in [2.05, 4.69) is 85.4 Å². The van der Waals surface area contributed by atoms with Crippen molar-refractivity contribution in [3.05, 3.63) is 71.3 Å². The third-order valence-corrected chi connectivity index (χ3v) is 5.91. The van der Waals surface area contributed by atoms with Crippen LogP contribution in [0.4, 0.5) is 0 Å². The van der Waals surface area contributed by atoms with Gasteiger partial charge in [-0.1, -0.05) is 54.6 Å². The van der Waals surface area contributed by atoms with Crippen molar-refractivity contribution in [2.24, 2.45) is 0 Å². The molecule has 3 rings (SSSR count). The van der Waals surface area contributed by atoms with Crippen LogP contribution in [0.3, 0.4) is 0 Å². The maximum Gasteiger partial charge on any atom is 0.0663 e. The molecule has 21 heavy (non-hydrogen) atoms. The molecule has 0 fully saturated rings. The maximum absolute atomic E-state index is 2.33. The minimum Gasteiger partial charge on any atom is -0.309 e. The van der Waals surface area contributed by atoms with E-state index in [1.165, 1.54) is 29.5 Å². The third-order valence-electron chi connectivity index (χ3n) is 4.30. The van der Waals surface area contributed by atoms with Crippen LogP contribution in [0.1, 0.15) is 29.5 Å². The summed E-state index contributed by atoms with van der Waals surface area (Å²) < 4.78 is 0.147. The predicted molar refractivity (Wildman–Crippen MR) is 92.7 cm³/mol. The van der Waals surface area contributed by atoms with Crippen LogP contribution < -0.4 is 0 Å². The molecule has 1 atom stereocenters. The Morgan fingerprint density at radius 1 is 1.00 bits per heavy atom. The van der Waals surface area contributed by atoms with Gasteiger partial charge in [0, 0.05) is 5.75 Å². The van der Waals surface area contributed by atoms with E-state index < -0.39 is 0 Å². The molecular weight excluding hydrogens is 274 g/mol. The number of thioether (sulfide) groups is 1. The Balaban J connectivity index is 1.97. The standard InChI is InChI=1S/C19H23NS/c1-20(2)14-8-13-19(17-10-4-3-5-11-17)18-12-7-6-9-16(18)15-21-19/h3-7,9-12H,8,13-15H2,1-2H3. The van der Waals surface area contributed by atoms with E-state index in [1.54, 1.807) is 0 Å². The van der Waals surface area contributed by atoms with Gasteiger partial charge in [0.2, 0.25) is 0 Å². The molecule has 1 unspecified atom stereocenters. The first-order chi connectivity index (χ1) is 10.2. The Morgan fingerprint density at radius 3 is 2.48 bits per heavy atom. The normalized spacial score (nSPS) is 20.7. The highest BCUT2D eigenvalue weighted by molar-refractivity contribution is 8.00. The van der Waals surface area contributed by atoms with Gasteiger partial charge in [-0.25, -0.2) is 0 Å². The minimum atomic E-state index is 0.147. The molecule has 1 aliphatic rings. The van der Waals surface area contributed by atoms with Crippen LogP contribution in [0.5, 0.6) is 0 Å². The van der Waals surface area contributed by atoms with Gasteiger partial charge in [-0.05, 0) is 50.2 Å². The summed E-state index contributed by atoms with van der Waals surface area (Å²) in [6.45, 7) is 1.15. The molecule has 0 saturated carbocycles. The van der Waals surface area contributed by atoms with Crippen molar-refractivity contribution in [1.82, 2.24) is 4.90 Å². The molecule has 0 amide bonds. The van der Waals surface area contributed by atoms with E-state index in [0.29, 0.717) is 0 Å². The fourth-order valence-corrected chi connectivity index (χ4v) is 4.86. The molecule has 110 valence electrons. The lowest BCUT2D eigenvalue weighted by atomic mass is 9.84. The highest BCUT2D eigenvalue weighted by Crippen LogP contribution is 2.54. The van der Waals surface area contributed by atoms with Crippen LogP contribution >= 0.6 is 11.8 Å². The first-order valence-electron chi connectivity index (χ1n) is 7.65. The van der Waals surface area contributed by atoms with Gasteiger partial charge in [0.05, 0.1) is 4.75 Å². The number of nitrogens with zero attached hydrogens (tertiary/aromatic N) is 1. The van der Waals surface area contributed by atoms with Crippen molar-refractivity contribution >= 4 is 11.8 Å². The molecule has 2 aromatic carbocycles. The largest absolute Gasteiger partial charge is 0.309 e. The number of hydrogen-bond donors (Lipinski definition) is 0. The van der Waals surface area contributed by atoms with Crippen LogP contribution in [0.25, 0.3) is 0 Å². The molecule has 1 aliphatic heterocycles. The number of fused-ring (bicyclic) bond motifs is 1. The van der Waals surface area contributed by atoms with Gasteiger partial charge in [-0.2, -0.15) is 0 Å². The van der Waals surface area contributed by atoms with E-state index in [0.717, 1.165) is 12.3 Å². The summed E-state index contributed by atoms with van der Waals surface area (Å²) in [6.07, 6.45) is 2.43. The van der Waals surface area contributed by atoms with Gasteiger partial charge < -0.3 is 4.90 Å². The Morgan fingerprint density at radius 2 is 1.71 bits per heavy atom. The predicted octanol–water partition coefficient (Wildman–Crippen LogP) is 4.52. The first-order valence-corrected chi connectivity index (χ1v) is 8.63. The van der Waals surface area contributed by atoms with Crippen molar-refractivity contribution in [1.29, 1.82) is 0 Å². The second kappa shape index (κ2) is 6.25. The summed E-state index contributed by atoms with van der Waals surface area (Å²) in [5, 5.41) is 0. The Bertz CT molecular complexity index is 594. The summed E-state index contributed by atoms with van der Waals surface area (Å²) in [7, 11) is 4.32. The smallest absolute Gasteiger partial charge is 0.0663 e. The van der Waals surface area contributed by atoms with Crippen molar-refractivity contribution in [3.63, 3.8) is 0 Å². The fourth-order valence-electron chi connectivity index (χ4n) is 3.26. The van der Waals surface area contributed by atoms with E-state index >= 15 is 0 Å². The van der Waals surface area contributed by atoms with E-state index in [4.69, 9.17) is 0 Å². The molecular formula is C19H23NS. The molecule has 0 radical (unpaired) electrons. The molecule has 0 saturated heterocycles. The quantitative estimate of drug-likeness (QED) is 0.798. The highest BCUT2D eigenvalue weighted by atomic mass is 32.2. The molecule has 1 heterocycles. The number of benzene rings is 2. The Kier molecular flexibility index (Phi) is 4.37. The monoisotopic (exact) mass is 297 g/mol. The molecule has 0 spiro atoms. The summed E-state index contributed by atoms with van der Waals surface area (Å²) in [5.74, 6) is 1.13. The lowest BCUT2D eigenvalue weighted by Gasteiger charge is -2.31. The average Bonchev–Trinajstić information content (AvgIpc) is 2.88. The van der Waals surface area contributed by atoms with Crippen LogP contribution in [0.15, 0.2) is 54.6 Å². The summed E-state index contributed by atoms with van der Waals surface area (Å²) >= 11 is 2.10. The van der Waals surface area contributed by atoms with Crippen molar-refractivity contribution in [2.45, 2.75) is 23.3 Å². The van der Waals surface area contributed by atoms with Gasteiger partial charge in [0.15, 0.2) is 0 Å². The Hall–Kier alpha value is -1.25. The topological polar surface area (TPSA) is 3.24 Å². The minimum absolute atomic E-state index is 0.147. The van der Waals surface area contributed by atoms with Crippen molar-refractivity contribution < 1.29 is 0 Å². The zero-order valence-electron chi connectivity index (χ0n) is 12.9. The van der Waals surface area contributed by atoms with Crippen LogP contribution in [-0.4, -0.2) is 25.5 Å². The lowest BCUT2D eigenvalue weighted by molar-refractivity contribution is 0.386. The van der Waals surface area contributed by atoms with Crippen LogP contribution in [0, 0.1) is 0 Å². The molecule has 0 N–H and O–H groups in total. The van der Waals surface area contributed by atoms with Gasteiger partial charge in [-0.15, -0.1) is 11.8 Å². The maximum atomic E-state index is 2.33. The van der Waals surface area contributed by atoms with Crippen molar-refractivity contribution in [2.75, 3.05) is 20.6 Å². The average molecular weight is 297 g/mol. The van der Waals surface area contributed by atoms with Crippen LogP contribution in [-0.2, 0) is 10.5 Å². The van der Waals surface area contributed by atoms with Gasteiger partial charge in [0.1, 0.15) is 0 Å². The molecule has 1 nitrogen and oxygen atoms in total. The van der Waals surface area contributed by atoms with Gasteiger partial charge in [-0.3, -0.25) is 0 Å². The summed E-state index contributed by atoms with van der Waals surface area (Å²) in [5.41, 5.74) is 4.50. The Labute approximate surface area is 132 Å². The molecule has 2 heteroatoms. The molecule has 0 bridgehead atoms. The SMILES string of the molecule is CN(C)CCCC1(c2ccccc2)SCc2ccccc21. The number of rotatable bonds is 5. The van der Waals surface area contributed by atoms with E-state index in [-0.39, 0.29) is 4.75 Å². The summed E-state index contributed by atoms with van der Waals surface area (Å²) in [6, 6.07) is 20.0. The lowest BCUT2D eigenvalue weighted by Crippen LogP contribution is -2.23. The fraction of sp³-hybridized carbons (Fsp3) is 0.368. The number of hydrogen-bond acceptors (Lipinski definition) is 2. The molecule has 0 aliphatic carbocycles. The molecule has 2 aromatic rings. The van der Waals surface area contributed by atoms with E-state index in [9.17, 15) is 0 Å². The van der Waals surface area contributed by atoms with Crippen LogP contribution in [0.2, 0.25) is 0 Å². The van der Waals surface area contributed by atoms with E-state index in [1.807, 2.05) is 0 Å². The van der Waals surface area contributed by atoms with Gasteiger partial charge in [0.25, 0.3) is 0 Å². The zero-order valence-corrected chi connectivity index (χ0v) is 13.7. The summed E-state index contributed by atoms with van der Waals surface area (Å²) in [4.78, 5) is 2.28.